The lowest BCUT2D eigenvalue weighted by Crippen LogP contribution is -1.97. The number of hydrogen-bond acceptors (Lipinski definition) is 1. The van der Waals surface area contributed by atoms with Crippen molar-refractivity contribution in [2.75, 3.05) is 6.54 Å². The Morgan fingerprint density at radius 1 is 1.10 bits per heavy atom. The van der Waals surface area contributed by atoms with E-state index in [1.165, 1.54) is 12.8 Å². The lowest BCUT2D eigenvalue weighted by atomic mass is 10.2. The minimum absolute atomic E-state index is 0.821. The summed E-state index contributed by atoms with van der Waals surface area (Å²) in [5.41, 5.74) is 5.33. The van der Waals surface area contributed by atoms with Gasteiger partial charge in [0.2, 0.25) is 0 Å². The molecule has 2 N–H and O–H groups in total. The lowest BCUT2D eigenvalue weighted by molar-refractivity contribution is 0.701. The number of unbranched alkanes of at least 4 members (excludes halogenated alkanes) is 3. The van der Waals surface area contributed by atoms with E-state index in [-0.39, 0.29) is 0 Å². The van der Waals surface area contributed by atoms with Crippen LogP contribution >= 0.6 is 0 Å². The van der Waals surface area contributed by atoms with Gasteiger partial charge >= 0.3 is 0 Å². The van der Waals surface area contributed by atoms with E-state index in [9.17, 15) is 0 Å². The molecule has 1 heteroatoms. The Balaban J connectivity index is 2.90. The molecule has 0 aromatic rings. The highest BCUT2D eigenvalue weighted by Gasteiger charge is 1.82. The normalized spacial score (nSPS) is 8.60. The predicted octanol–water partition coefficient (Wildman–Crippen LogP) is 1.92. The average Bonchev–Trinajstić information content (AvgIpc) is 1.97. The molecule has 0 heterocycles. The topological polar surface area (TPSA) is 26.0 Å². The third-order valence-corrected chi connectivity index (χ3v) is 1.31. The van der Waals surface area contributed by atoms with Gasteiger partial charge in [-0.25, -0.2) is 0 Å². The fraction of sp³-hybridized carbons (Fsp3) is 0.778. The van der Waals surface area contributed by atoms with E-state index in [1.54, 1.807) is 0 Å². The molecule has 0 bridgehead atoms. The zero-order valence-electron chi connectivity index (χ0n) is 6.82. The second kappa shape index (κ2) is 8.52. The maximum absolute atomic E-state index is 5.33. The Morgan fingerprint density at radius 2 is 1.90 bits per heavy atom. The fourth-order valence-electron chi connectivity index (χ4n) is 0.748. The molecule has 0 saturated heterocycles. The van der Waals surface area contributed by atoms with Gasteiger partial charge in [-0.1, -0.05) is 13.3 Å². The largest absolute Gasteiger partial charge is 0.330 e. The van der Waals surface area contributed by atoms with E-state index in [4.69, 9.17) is 5.73 Å². The average molecular weight is 139 g/mol. The molecule has 10 heavy (non-hydrogen) atoms. The minimum atomic E-state index is 0.821. The molecule has 0 atom stereocenters. The number of nitrogens with two attached hydrogens (primary N) is 1. The standard InChI is InChI=1S/C9H17N/c1-2-3-4-5-6-7-8-9-10/h2,5-10H2,1H3. The van der Waals surface area contributed by atoms with Crippen molar-refractivity contribution in [1.82, 2.24) is 0 Å². The maximum atomic E-state index is 5.33. The Hall–Kier alpha value is -0.480. The smallest absolute Gasteiger partial charge is 0.00886 e. The summed E-state index contributed by atoms with van der Waals surface area (Å²) in [6.07, 6.45) is 5.62. The summed E-state index contributed by atoms with van der Waals surface area (Å²) in [4.78, 5) is 0. The quantitative estimate of drug-likeness (QED) is 0.467. The first-order valence-corrected chi connectivity index (χ1v) is 4.07. The Bertz CT molecular complexity index is 108. The summed E-state index contributed by atoms with van der Waals surface area (Å²) in [6, 6.07) is 0. The van der Waals surface area contributed by atoms with Crippen molar-refractivity contribution in [1.29, 1.82) is 0 Å². The van der Waals surface area contributed by atoms with Crippen LogP contribution in [0.4, 0.5) is 0 Å². The molecule has 0 fully saturated rings. The van der Waals surface area contributed by atoms with E-state index in [2.05, 4.69) is 18.8 Å². The number of hydrogen-bond donors (Lipinski definition) is 1. The van der Waals surface area contributed by atoms with Crippen LogP contribution < -0.4 is 5.73 Å². The Kier molecular flexibility index (Phi) is 8.11. The van der Waals surface area contributed by atoms with Crippen molar-refractivity contribution in [3.8, 4) is 11.8 Å². The van der Waals surface area contributed by atoms with Gasteiger partial charge in [0, 0.05) is 12.8 Å². The fourth-order valence-corrected chi connectivity index (χ4v) is 0.748. The summed E-state index contributed by atoms with van der Waals surface area (Å²) < 4.78 is 0. The monoisotopic (exact) mass is 139 g/mol. The van der Waals surface area contributed by atoms with E-state index in [0.29, 0.717) is 0 Å². The van der Waals surface area contributed by atoms with Crippen molar-refractivity contribution in [2.45, 2.75) is 39.0 Å². The van der Waals surface area contributed by atoms with Crippen molar-refractivity contribution in [3.63, 3.8) is 0 Å². The van der Waals surface area contributed by atoms with Crippen molar-refractivity contribution in [3.05, 3.63) is 0 Å². The van der Waals surface area contributed by atoms with Gasteiger partial charge in [-0.15, -0.1) is 11.8 Å². The van der Waals surface area contributed by atoms with Gasteiger partial charge in [-0.3, -0.25) is 0 Å². The third-order valence-electron chi connectivity index (χ3n) is 1.31. The molecule has 0 rings (SSSR count). The molecule has 0 aromatic carbocycles. The third kappa shape index (κ3) is 7.52. The predicted molar refractivity (Wildman–Crippen MR) is 45.6 cm³/mol. The summed E-state index contributed by atoms with van der Waals surface area (Å²) in [6.45, 7) is 2.90. The van der Waals surface area contributed by atoms with Gasteiger partial charge in [0.25, 0.3) is 0 Å². The molecule has 0 aliphatic carbocycles. The lowest BCUT2D eigenvalue weighted by Gasteiger charge is -1.91. The molecule has 0 radical (unpaired) electrons. The Morgan fingerprint density at radius 3 is 2.50 bits per heavy atom. The highest BCUT2D eigenvalue weighted by Crippen LogP contribution is 1.96. The molecular weight excluding hydrogens is 122 g/mol. The molecule has 0 aliphatic rings. The van der Waals surface area contributed by atoms with Crippen LogP contribution in [0.2, 0.25) is 0 Å². The van der Waals surface area contributed by atoms with E-state index in [0.717, 1.165) is 25.8 Å². The summed E-state index contributed by atoms with van der Waals surface area (Å²) in [5, 5.41) is 0. The maximum Gasteiger partial charge on any atom is 0.00886 e. The van der Waals surface area contributed by atoms with Gasteiger partial charge in [0.1, 0.15) is 0 Å². The summed E-state index contributed by atoms with van der Waals surface area (Å²) in [7, 11) is 0. The molecule has 0 amide bonds. The molecule has 0 aromatic heterocycles. The van der Waals surface area contributed by atoms with Crippen LogP contribution in [-0.4, -0.2) is 6.54 Å². The second-order valence-electron chi connectivity index (χ2n) is 2.31. The zero-order chi connectivity index (χ0) is 7.66. The molecule has 58 valence electrons. The van der Waals surface area contributed by atoms with Crippen molar-refractivity contribution < 1.29 is 0 Å². The Labute approximate surface area is 64.0 Å². The van der Waals surface area contributed by atoms with Crippen LogP contribution in [0.3, 0.4) is 0 Å². The highest BCUT2D eigenvalue weighted by molar-refractivity contribution is 4.97. The summed E-state index contributed by atoms with van der Waals surface area (Å²) >= 11 is 0. The van der Waals surface area contributed by atoms with Gasteiger partial charge < -0.3 is 5.73 Å². The van der Waals surface area contributed by atoms with Crippen LogP contribution in [0, 0.1) is 11.8 Å². The van der Waals surface area contributed by atoms with Crippen molar-refractivity contribution >= 4 is 0 Å². The molecule has 0 aliphatic heterocycles. The van der Waals surface area contributed by atoms with Crippen LogP contribution in [0.15, 0.2) is 0 Å². The van der Waals surface area contributed by atoms with E-state index in [1.807, 2.05) is 0 Å². The van der Waals surface area contributed by atoms with Crippen LogP contribution in [0.25, 0.3) is 0 Å². The van der Waals surface area contributed by atoms with Gasteiger partial charge in [0.15, 0.2) is 0 Å². The second-order valence-corrected chi connectivity index (χ2v) is 2.31. The molecule has 0 unspecified atom stereocenters. The van der Waals surface area contributed by atoms with E-state index < -0.39 is 0 Å². The van der Waals surface area contributed by atoms with Gasteiger partial charge in [0.05, 0.1) is 0 Å². The number of rotatable bonds is 4. The highest BCUT2D eigenvalue weighted by atomic mass is 14.5. The molecular formula is C9H17N. The first kappa shape index (κ1) is 9.52. The zero-order valence-corrected chi connectivity index (χ0v) is 6.82. The van der Waals surface area contributed by atoms with Crippen molar-refractivity contribution in [2.24, 2.45) is 5.73 Å². The first-order chi connectivity index (χ1) is 4.91. The molecule has 1 nitrogen and oxygen atoms in total. The van der Waals surface area contributed by atoms with Crippen LogP contribution in [-0.2, 0) is 0 Å². The molecule has 0 spiro atoms. The SMILES string of the molecule is CCC#CCCCCCN. The first-order valence-electron chi connectivity index (χ1n) is 4.07. The van der Waals surface area contributed by atoms with Gasteiger partial charge in [-0.05, 0) is 19.4 Å². The van der Waals surface area contributed by atoms with E-state index >= 15 is 0 Å². The minimum Gasteiger partial charge on any atom is -0.330 e. The van der Waals surface area contributed by atoms with Gasteiger partial charge in [-0.2, -0.15) is 0 Å². The van der Waals surface area contributed by atoms with Crippen LogP contribution in [0.5, 0.6) is 0 Å². The summed E-state index contributed by atoms with van der Waals surface area (Å²) in [5.74, 6) is 6.15. The molecule has 0 saturated carbocycles. The van der Waals surface area contributed by atoms with Crippen LogP contribution in [0.1, 0.15) is 39.0 Å².